The van der Waals surface area contributed by atoms with Crippen LogP contribution in [-0.4, -0.2) is 43.7 Å². The van der Waals surface area contributed by atoms with E-state index in [0.29, 0.717) is 24.5 Å². The Balaban J connectivity index is 1.62. The number of hydrogen-bond acceptors (Lipinski definition) is 4. The van der Waals surface area contributed by atoms with Crippen molar-refractivity contribution in [1.82, 2.24) is 9.21 Å². The lowest BCUT2D eigenvalue weighted by Crippen LogP contribution is -2.35. The summed E-state index contributed by atoms with van der Waals surface area (Å²) in [7, 11) is -1.70. The van der Waals surface area contributed by atoms with Gasteiger partial charge in [-0.2, -0.15) is 4.31 Å². The number of carbonyl (C=O) groups is 1. The first kappa shape index (κ1) is 19.6. The first-order valence-electron chi connectivity index (χ1n) is 9.24. The lowest BCUT2D eigenvalue weighted by atomic mass is 10.1. The van der Waals surface area contributed by atoms with Crippen LogP contribution in [0.25, 0.3) is 0 Å². The molecule has 0 N–H and O–H groups in total. The third kappa shape index (κ3) is 4.78. The minimum atomic E-state index is -3.44. The van der Waals surface area contributed by atoms with Crippen molar-refractivity contribution in [3.63, 3.8) is 0 Å². The molecule has 0 unspecified atom stereocenters. The van der Waals surface area contributed by atoms with Gasteiger partial charge in [0, 0.05) is 20.1 Å². The van der Waals surface area contributed by atoms with Crippen molar-refractivity contribution in [3.8, 4) is 0 Å². The lowest BCUT2D eigenvalue weighted by Gasteiger charge is -2.25. The highest BCUT2D eigenvalue weighted by atomic mass is 32.2. The van der Waals surface area contributed by atoms with E-state index >= 15 is 0 Å². The number of benzene rings is 1. The van der Waals surface area contributed by atoms with Gasteiger partial charge in [0.2, 0.25) is 15.9 Å². The summed E-state index contributed by atoms with van der Waals surface area (Å²) in [5.41, 5.74) is 0.792. The number of aryl methyl sites for hydroxylation is 1. The van der Waals surface area contributed by atoms with Gasteiger partial charge in [-0.1, -0.05) is 18.6 Å². The summed E-state index contributed by atoms with van der Waals surface area (Å²) in [6.07, 6.45) is 3.12. The molecule has 0 spiro atoms. The summed E-state index contributed by atoms with van der Waals surface area (Å²) < 4.78 is 32.4. The molecule has 2 heterocycles. The number of rotatable bonds is 6. The number of hydrogen-bond donors (Lipinski definition) is 0. The molecule has 0 atom stereocenters. The second-order valence-electron chi connectivity index (χ2n) is 7.05. The number of furan rings is 1. The molecule has 0 bridgehead atoms. The van der Waals surface area contributed by atoms with Crippen molar-refractivity contribution in [2.24, 2.45) is 0 Å². The van der Waals surface area contributed by atoms with Crippen molar-refractivity contribution >= 4 is 15.9 Å². The molecule has 1 aromatic heterocycles. The molecule has 146 valence electrons. The highest BCUT2D eigenvalue weighted by Gasteiger charge is 2.25. The van der Waals surface area contributed by atoms with Gasteiger partial charge in [-0.25, -0.2) is 8.42 Å². The zero-order chi connectivity index (χ0) is 19.4. The maximum Gasteiger partial charge on any atom is 0.243 e. The minimum Gasteiger partial charge on any atom is -0.464 e. The van der Waals surface area contributed by atoms with Gasteiger partial charge in [0.1, 0.15) is 11.5 Å². The fourth-order valence-electron chi connectivity index (χ4n) is 3.24. The van der Waals surface area contributed by atoms with E-state index in [1.807, 2.05) is 19.1 Å². The van der Waals surface area contributed by atoms with Crippen LogP contribution in [0.2, 0.25) is 0 Å². The van der Waals surface area contributed by atoms with E-state index in [1.165, 1.54) is 0 Å². The van der Waals surface area contributed by atoms with Crippen molar-refractivity contribution in [2.75, 3.05) is 20.1 Å². The smallest absolute Gasteiger partial charge is 0.243 e. The Kier molecular flexibility index (Phi) is 6.01. The maximum absolute atomic E-state index is 12.7. The Hall–Kier alpha value is -2.12. The largest absolute Gasteiger partial charge is 0.464 e. The van der Waals surface area contributed by atoms with Crippen LogP contribution in [-0.2, 0) is 27.8 Å². The molecule has 1 aliphatic rings. The molecule has 3 rings (SSSR count). The topological polar surface area (TPSA) is 70.8 Å². The van der Waals surface area contributed by atoms with Crippen LogP contribution in [0.3, 0.4) is 0 Å². The molecule has 1 aromatic carbocycles. The van der Waals surface area contributed by atoms with E-state index < -0.39 is 10.0 Å². The first-order valence-corrected chi connectivity index (χ1v) is 10.7. The Bertz CT molecular complexity index is 881. The summed E-state index contributed by atoms with van der Waals surface area (Å²) in [6, 6.07) is 10.4. The highest BCUT2D eigenvalue weighted by Crippen LogP contribution is 2.21. The van der Waals surface area contributed by atoms with E-state index in [2.05, 4.69) is 0 Å². The Labute approximate surface area is 160 Å². The predicted molar refractivity (Wildman–Crippen MR) is 103 cm³/mol. The molecule has 1 fully saturated rings. The predicted octanol–water partition coefficient (Wildman–Crippen LogP) is 2.96. The van der Waals surface area contributed by atoms with Crippen LogP contribution in [0.5, 0.6) is 0 Å². The number of amides is 1. The Morgan fingerprint density at radius 3 is 2.33 bits per heavy atom. The maximum atomic E-state index is 12.7. The van der Waals surface area contributed by atoms with E-state index in [0.717, 1.165) is 36.3 Å². The van der Waals surface area contributed by atoms with E-state index in [9.17, 15) is 13.2 Å². The molecule has 0 radical (unpaired) electrons. The van der Waals surface area contributed by atoms with Crippen LogP contribution >= 0.6 is 0 Å². The van der Waals surface area contributed by atoms with Crippen LogP contribution < -0.4 is 0 Å². The summed E-state index contributed by atoms with van der Waals surface area (Å²) >= 11 is 0. The average molecular weight is 391 g/mol. The summed E-state index contributed by atoms with van der Waals surface area (Å²) in [5.74, 6) is 1.51. The van der Waals surface area contributed by atoms with E-state index in [4.69, 9.17) is 4.42 Å². The quantitative estimate of drug-likeness (QED) is 0.760. The zero-order valence-electron chi connectivity index (χ0n) is 15.8. The number of carbonyl (C=O) groups excluding carboxylic acids is 1. The van der Waals surface area contributed by atoms with Gasteiger partial charge in [0.05, 0.1) is 17.9 Å². The van der Waals surface area contributed by atoms with Crippen molar-refractivity contribution < 1.29 is 17.6 Å². The molecule has 1 amide bonds. The summed E-state index contributed by atoms with van der Waals surface area (Å²) in [6.45, 7) is 3.44. The number of sulfonamides is 1. The van der Waals surface area contributed by atoms with Gasteiger partial charge in [-0.15, -0.1) is 0 Å². The fraction of sp³-hybridized carbons (Fsp3) is 0.450. The van der Waals surface area contributed by atoms with Crippen LogP contribution in [0.15, 0.2) is 45.7 Å². The third-order valence-electron chi connectivity index (χ3n) is 4.85. The van der Waals surface area contributed by atoms with Crippen molar-refractivity contribution in [3.05, 3.63) is 53.5 Å². The van der Waals surface area contributed by atoms with Crippen molar-refractivity contribution in [1.29, 1.82) is 0 Å². The van der Waals surface area contributed by atoms with Crippen LogP contribution in [0, 0.1) is 6.92 Å². The van der Waals surface area contributed by atoms with Gasteiger partial charge >= 0.3 is 0 Å². The highest BCUT2D eigenvalue weighted by molar-refractivity contribution is 7.89. The van der Waals surface area contributed by atoms with Gasteiger partial charge in [-0.3, -0.25) is 4.79 Å². The number of piperidine rings is 1. The Morgan fingerprint density at radius 2 is 1.74 bits per heavy atom. The minimum absolute atomic E-state index is 0.0457. The average Bonchev–Trinajstić information content (AvgIpc) is 3.07. The fourth-order valence-corrected chi connectivity index (χ4v) is 4.75. The monoisotopic (exact) mass is 390 g/mol. The first-order chi connectivity index (χ1) is 12.9. The second kappa shape index (κ2) is 8.27. The normalized spacial score (nSPS) is 15.6. The lowest BCUT2D eigenvalue weighted by molar-refractivity contribution is -0.129. The molecule has 6 nitrogen and oxygen atoms in total. The van der Waals surface area contributed by atoms with E-state index in [-0.39, 0.29) is 12.3 Å². The molecule has 1 saturated heterocycles. The number of likely N-dealkylation sites (N-methyl/N-ethyl adjacent to an activating group) is 1. The molecule has 7 heteroatoms. The molecule has 0 saturated carbocycles. The van der Waals surface area contributed by atoms with Gasteiger partial charge in [0.15, 0.2) is 0 Å². The van der Waals surface area contributed by atoms with Crippen molar-refractivity contribution in [2.45, 2.75) is 44.0 Å². The molecule has 27 heavy (non-hydrogen) atoms. The molecular formula is C20H26N2O4S. The van der Waals surface area contributed by atoms with Gasteiger partial charge in [-0.05, 0) is 49.6 Å². The Morgan fingerprint density at radius 1 is 1.07 bits per heavy atom. The van der Waals surface area contributed by atoms with Gasteiger partial charge < -0.3 is 9.32 Å². The molecular weight excluding hydrogens is 364 g/mol. The molecule has 1 aliphatic heterocycles. The standard InChI is InChI=1S/C20H26N2O4S/c1-16-6-9-18(26-16)15-21(2)20(23)14-17-7-10-19(11-8-17)27(24,25)22-12-4-3-5-13-22/h6-11H,3-5,12-15H2,1-2H3. The molecule has 0 aliphatic carbocycles. The third-order valence-corrected chi connectivity index (χ3v) is 6.76. The van der Waals surface area contributed by atoms with E-state index in [1.54, 1.807) is 40.5 Å². The van der Waals surface area contributed by atoms with Crippen LogP contribution in [0.1, 0.15) is 36.3 Å². The number of nitrogens with zero attached hydrogens (tertiary/aromatic N) is 2. The zero-order valence-corrected chi connectivity index (χ0v) is 16.7. The van der Waals surface area contributed by atoms with Crippen LogP contribution in [0.4, 0.5) is 0 Å². The van der Waals surface area contributed by atoms with Gasteiger partial charge in [0.25, 0.3) is 0 Å². The SMILES string of the molecule is Cc1ccc(CN(C)C(=O)Cc2ccc(S(=O)(=O)N3CCCCC3)cc2)o1. The summed E-state index contributed by atoms with van der Waals surface area (Å²) in [5, 5.41) is 0. The molecule has 2 aromatic rings. The second-order valence-corrected chi connectivity index (χ2v) is 8.99. The summed E-state index contributed by atoms with van der Waals surface area (Å²) in [4.78, 5) is 14.3.